The largest absolute Gasteiger partial charge is 0.444 e. The van der Waals surface area contributed by atoms with E-state index in [1.54, 1.807) is 0 Å². The molecule has 0 unspecified atom stereocenters. The molecule has 0 aliphatic carbocycles. The summed E-state index contributed by atoms with van der Waals surface area (Å²) in [7, 11) is 0. The minimum atomic E-state index is -0.403. The highest BCUT2D eigenvalue weighted by Gasteiger charge is 2.30. The molecule has 0 aromatic heterocycles. The number of nitrogens with zero attached hydrogens (tertiary/aromatic N) is 1. The third kappa shape index (κ3) is 3.70. The molecule has 0 bridgehead atoms. The standard InChI is InChI=1S/C11H22N2O2/c1-11(2,3)15-10(14)13-7-5-4-6-9(13)8-12/h9H,4-8,12H2,1-3H3/p+1/t9-/m0/s1. The fraction of sp³-hybridized carbons (Fsp3) is 0.909. The maximum Gasteiger partial charge on any atom is 0.410 e. The van der Waals surface area contributed by atoms with Crippen LogP contribution in [0.2, 0.25) is 0 Å². The molecule has 0 saturated carbocycles. The normalized spacial score (nSPS) is 22.7. The molecular weight excluding hydrogens is 192 g/mol. The Morgan fingerprint density at radius 3 is 2.67 bits per heavy atom. The second-order valence-electron chi connectivity index (χ2n) is 5.11. The first-order chi connectivity index (χ1) is 6.94. The Hall–Kier alpha value is -0.770. The lowest BCUT2D eigenvalue weighted by molar-refractivity contribution is -0.378. The Labute approximate surface area is 91.8 Å². The first-order valence-electron chi connectivity index (χ1n) is 5.73. The predicted octanol–water partition coefficient (Wildman–Crippen LogP) is 1.02. The van der Waals surface area contributed by atoms with Crippen molar-refractivity contribution >= 4 is 6.09 Å². The number of hydrogen-bond donors (Lipinski definition) is 1. The fourth-order valence-electron chi connectivity index (χ4n) is 1.86. The van der Waals surface area contributed by atoms with Crippen molar-refractivity contribution in [2.75, 3.05) is 13.1 Å². The van der Waals surface area contributed by atoms with Crippen LogP contribution in [0.3, 0.4) is 0 Å². The number of carbonyl (C=O) groups excluding carboxylic acids is 1. The van der Waals surface area contributed by atoms with Crippen molar-refractivity contribution in [3.63, 3.8) is 0 Å². The zero-order chi connectivity index (χ0) is 11.5. The van der Waals surface area contributed by atoms with Crippen LogP contribution >= 0.6 is 0 Å². The number of rotatable bonds is 1. The molecule has 4 nitrogen and oxygen atoms in total. The Kier molecular flexibility index (Phi) is 3.97. The van der Waals surface area contributed by atoms with Crippen LogP contribution in [-0.4, -0.2) is 35.7 Å². The fourth-order valence-corrected chi connectivity index (χ4v) is 1.86. The molecule has 0 spiro atoms. The molecule has 88 valence electrons. The van der Waals surface area contributed by atoms with Gasteiger partial charge in [-0.05, 0) is 40.0 Å². The summed E-state index contributed by atoms with van der Waals surface area (Å²) in [6, 6.07) is 0.272. The second kappa shape index (κ2) is 4.84. The number of likely N-dealkylation sites (tertiary alicyclic amines) is 1. The van der Waals surface area contributed by atoms with Crippen LogP contribution in [-0.2, 0) is 4.74 Å². The zero-order valence-corrected chi connectivity index (χ0v) is 10.1. The van der Waals surface area contributed by atoms with E-state index in [0.29, 0.717) is 0 Å². The van der Waals surface area contributed by atoms with Crippen molar-refractivity contribution < 1.29 is 15.3 Å². The van der Waals surface area contributed by atoms with Crippen molar-refractivity contribution in [3.05, 3.63) is 0 Å². The van der Waals surface area contributed by atoms with Gasteiger partial charge in [0.1, 0.15) is 5.60 Å². The summed E-state index contributed by atoms with van der Waals surface area (Å²) in [5, 5.41) is 0. The number of hydrogen-bond acceptors (Lipinski definition) is 2. The summed E-state index contributed by atoms with van der Waals surface area (Å²) in [6.07, 6.45) is 3.15. The SMILES string of the molecule is CC(C)(C)OC(=O)N1CCCC[C@H]1C[NH3+]. The van der Waals surface area contributed by atoms with Gasteiger partial charge < -0.3 is 10.5 Å². The van der Waals surface area contributed by atoms with E-state index in [1.165, 1.54) is 6.42 Å². The van der Waals surface area contributed by atoms with Crippen LogP contribution in [0, 0.1) is 0 Å². The van der Waals surface area contributed by atoms with Gasteiger partial charge in [-0.15, -0.1) is 0 Å². The molecule has 1 fully saturated rings. The number of quaternary nitrogens is 1. The minimum Gasteiger partial charge on any atom is -0.444 e. The summed E-state index contributed by atoms with van der Waals surface area (Å²) >= 11 is 0. The van der Waals surface area contributed by atoms with Crippen LogP contribution in [0.25, 0.3) is 0 Å². The second-order valence-corrected chi connectivity index (χ2v) is 5.11. The molecule has 0 aromatic rings. The molecule has 3 N–H and O–H groups in total. The Balaban J connectivity index is 2.56. The monoisotopic (exact) mass is 215 g/mol. The lowest BCUT2D eigenvalue weighted by Gasteiger charge is -2.35. The summed E-state index contributed by atoms with van der Waals surface area (Å²) < 4.78 is 5.37. The van der Waals surface area contributed by atoms with E-state index < -0.39 is 5.60 Å². The summed E-state index contributed by atoms with van der Waals surface area (Å²) in [6.45, 7) is 7.28. The van der Waals surface area contributed by atoms with E-state index in [-0.39, 0.29) is 12.1 Å². The third-order valence-electron chi connectivity index (χ3n) is 2.59. The minimum absolute atomic E-state index is 0.184. The predicted molar refractivity (Wildman–Crippen MR) is 58.3 cm³/mol. The van der Waals surface area contributed by atoms with Gasteiger partial charge in [-0.1, -0.05) is 0 Å². The van der Waals surface area contributed by atoms with Gasteiger partial charge >= 0.3 is 6.09 Å². The number of ether oxygens (including phenoxy) is 1. The Morgan fingerprint density at radius 1 is 1.47 bits per heavy atom. The molecule has 1 amide bonds. The summed E-state index contributed by atoms with van der Waals surface area (Å²) in [5.41, 5.74) is 3.49. The van der Waals surface area contributed by atoms with Crippen LogP contribution in [0.15, 0.2) is 0 Å². The van der Waals surface area contributed by atoms with Crippen molar-refractivity contribution in [1.29, 1.82) is 0 Å². The smallest absolute Gasteiger partial charge is 0.410 e. The van der Waals surface area contributed by atoms with E-state index in [0.717, 1.165) is 25.9 Å². The van der Waals surface area contributed by atoms with Crippen LogP contribution < -0.4 is 5.73 Å². The van der Waals surface area contributed by atoms with Crippen LogP contribution in [0.5, 0.6) is 0 Å². The van der Waals surface area contributed by atoms with E-state index in [1.807, 2.05) is 25.7 Å². The number of carbonyl (C=O) groups is 1. The quantitative estimate of drug-likeness (QED) is 0.710. The third-order valence-corrected chi connectivity index (χ3v) is 2.59. The molecule has 15 heavy (non-hydrogen) atoms. The van der Waals surface area contributed by atoms with Gasteiger partial charge in [-0.2, -0.15) is 0 Å². The molecule has 1 saturated heterocycles. The van der Waals surface area contributed by atoms with Gasteiger partial charge in [0, 0.05) is 6.54 Å². The van der Waals surface area contributed by atoms with Gasteiger partial charge in [0.15, 0.2) is 0 Å². The van der Waals surface area contributed by atoms with Gasteiger partial charge in [0.2, 0.25) is 0 Å². The highest BCUT2D eigenvalue weighted by molar-refractivity contribution is 5.68. The first-order valence-corrected chi connectivity index (χ1v) is 5.73. The topological polar surface area (TPSA) is 57.2 Å². The lowest BCUT2D eigenvalue weighted by Crippen LogP contribution is -2.62. The molecule has 1 aliphatic rings. The van der Waals surface area contributed by atoms with Crippen LogP contribution in [0.4, 0.5) is 4.79 Å². The van der Waals surface area contributed by atoms with E-state index in [4.69, 9.17) is 4.74 Å². The average Bonchev–Trinajstić information content (AvgIpc) is 2.15. The van der Waals surface area contributed by atoms with Gasteiger partial charge in [0.25, 0.3) is 0 Å². The molecule has 4 heteroatoms. The first kappa shape index (κ1) is 12.3. The van der Waals surface area contributed by atoms with Gasteiger partial charge in [-0.3, -0.25) is 4.90 Å². The zero-order valence-electron chi connectivity index (χ0n) is 10.1. The van der Waals surface area contributed by atoms with Crippen molar-refractivity contribution in [1.82, 2.24) is 4.90 Å². The molecule has 0 aromatic carbocycles. The number of amides is 1. The van der Waals surface area contributed by atoms with Gasteiger partial charge in [0.05, 0.1) is 12.6 Å². The molecule has 1 rings (SSSR count). The molecule has 0 radical (unpaired) electrons. The van der Waals surface area contributed by atoms with E-state index in [9.17, 15) is 4.79 Å². The van der Waals surface area contributed by atoms with Crippen molar-refractivity contribution in [2.24, 2.45) is 0 Å². The molecule has 1 heterocycles. The maximum absolute atomic E-state index is 11.9. The molecule has 1 atom stereocenters. The number of piperidine rings is 1. The van der Waals surface area contributed by atoms with Crippen LogP contribution in [0.1, 0.15) is 40.0 Å². The maximum atomic E-state index is 11.9. The highest BCUT2D eigenvalue weighted by atomic mass is 16.6. The Morgan fingerprint density at radius 2 is 2.13 bits per heavy atom. The highest BCUT2D eigenvalue weighted by Crippen LogP contribution is 2.19. The van der Waals surface area contributed by atoms with Gasteiger partial charge in [-0.25, -0.2) is 4.79 Å². The van der Waals surface area contributed by atoms with Crippen molar-refractivity contribution in [2.45, 2.75) is 51.7 Å². The molecule has 1 aliphatic heterocycles. The summed E-state index contributed by atoms with van der Waals surface area (Å²) in [4.78, 5) is 13.7. The average molecular weight is 215 g/mol. The van der Waals surface area contributed by atoms with Crippen molar-refractivity contribution in [3.8, 4) is 0 Å². The molecular formula is C11H23N2O2+. The summed E-state index contributed by atoms with van der Waals surface area (Å²) in [5.74, 6) is 0. The Bertz CT molecular complexity index is 223. The lowest BCUT2D eigenvalue weighted by atomic mass is 10.0. The van der Waals surface area contributed by atoms with E-state index in [2.05, 4.69) is 5.73 Å². The van der Waals surface area contributed by atoms with E-state index >= 15 is 0 Å².